The fourth-order valence-electron chi connectivity index (χ4n) is 6.64. The molecule has 1 aliphatic rings. The maximum atomic E-state index is 14.2. The molecule has 2 heterocycles. The number of amides is 3. The molecule has 0 radical (unpaired) electrons. The Morgan fingerprint density at radius 1 is 1.08 bits per heavy atom. The molecule has 1 aromatic heterocycles. The normalized spacial score (nSPS) is 18.4. The van der Waals surface area contributed by atoms with Gasteiger partial charge in [0, 0.05) is 37.9 Å². The number of piperidine rings is 1. The molecule has 1 aliphatic heterocycles. The molecule has 1 aromatic carbocycles. The Balaban J connectivity index is 1.81. The van der Waals surface area contributed by atoms with E-state index in [4.69, 9.17) is 4.74 Å². The summed E-state index contributed by atoms with van der Waals surface area (Å²) in [5.74, 6) is -3.83. The molecule has 1 fully saturated rings. The van der Waals surface area contributed by atoms with Crippen molar-refractivity contribution in [2.45, 2.75) is 117 Å². The average molecular weight is 746 g/mol. The maximum Gasteiger partial charge on any atom is 0.306 e. The van der Waals surface area contributed by atoms with Crippen molar-refractivity contribution in [3.05, 3.63) is 51.7 Å². The van der Waals surface area contributed by atoms with Gasteiger partial charge in [-0.1, -0.05) is 59.6 Å². The van der Waals surface area contributed by atoms with Gasteiger partial charge >= 0.3 is 11.9 Å². The molecule has 288 valence electrons. The van der Waals surface area contributed by atoms with Crippen LogP contribution >= 0.6 is 11.3 Å². The van der Waals surface area contributed by atoms with E-state index in [9.17, 15) is 33.5 Å². The van der Waals surface area contributed by atoms with E-state index in [1.54, 1.807) is 36.4 Å². The Hall–Kier alpha value is -3.91. The van der Waals surface area contributed by atoms with Gasteiger partial charge in [0.05, 0.1) is 12.0 Å². The summed E-state index contributed by atoms with van der Waals surface area (Å²) in [7, 11) is 3.63. The Bertz CT molecular complexity index is 1520. The molecule has 0 spiro atoms. The van der Waals surface area contributed by atoms with E-state index in [-0.39, 0.29) is 54.6 Å². The minimum absolute atomic E-state index is 0.0713. The highest BCUT2D eigenvalue weighted by molar-refractivity contribution is 7.09. The Kier molecular flexibility index (Phi) is 16.2. The lowest BCUT2D eigenvalue weighted by molar-refractivity contribution is -0.149. The first-order chi connectivity index (χ1) is 24.5. The lowest BCUT2D eigenvalue weighted by Crippen LogP contribution is -2.58. The summed E-state index contributed by atoms with van der Waals surface area (Å²) >= 11 is 1.14. The van der Waals surface area contributed by atoms with Crippen LogP contribution in [0.4, 0.5) is 4.39 Å². The lowest BCUT2D eigenvalue weighted by atomic mass is 9.92. The number of hydrogen-bond donors (Lipinski definition) is 3. The summed E-state index contributed by atoms with van der Waals surface area (Å²) in [6, 6.07) is 3.76. The van der Waals surface area contributed by atoms with Crippen LogP contribution in [0.15, 0.2) is 29.6 Å². The van der Waals surface area contributed by atoms with Gasteiger partial charge < -0.3 is 25.4 Å². The third kappa shape index (κ3) is 12.1. The van der Waals surface area contributed by atoms with Gasteiger partial charge in [-0.3, -0.25) is 28.9 Å². The minimum Gasteiger partial charge on any atom is -0.481 e. The quantitative estimate of drug-likeness (QED) is 0.174. The van der Waals surface area contributed by atoms with E-state index in [0.717, 1.165) is 42.7 Å². The second-order valence-corrected chi connectivity index (χ2v) is 15.4. The fraction of sp³-hybridized carbons (Fsp3) is 0.632. The van der Waals surface area contributed by atoms with Crippen LogP contribution in [0.5, 0.6) is 0 Å². The van der Waals surface area contributed by atoms with Crippen LogP contribution < -0.4 is 10.6 Å². The van der Waals surface area contributed by atoms with E-state index < -0.39 is 53.8 Å². The van der Waals surface area contributed by atoms with Crippen molar-refractivity contribution < 1.29 is 38.2 Å². The third-order valence-corrected chi connectivity index (χ3v) is 11.0. The molecule has 52 heavy (non-hydrogen) atoms. The zero-order valence-corrected chi connectivity index (χ0v) is 32.5. The Morgan fingerprint density at radius 2 is 1.75 bits per heavy atom. The van der Waals surface area contributed by atoms with Gasteiger partial charge in [-0.15, -0.1) is 11.3 Å². The van der Waals surface area contributed by atoms with Crippen LogP contribution in [0, 0.1) is 23.6 Å². The Morgan fingerprint density at radius 3 is 2.33 bits per heavy atom. The van der Waals surface area contributed by atoms with Gasteiger partial charge in [-0.2, -0.15) is 0 Å². The highest BCUT2D eigenvalue weighted by Crippen LogP contribution is 2.31. The third-order valence-electron chi connectivity index (χ3n) is 10.0. The number of nitrogens with zero attached hydrogens (tertiary/aromatic N) is 3. The first-order valence-corrected chi connectivity index (χ1v) is 19.1. The number of nitrogens with one attached hydrogen (secondary N) is 2. The number of thiazole rings is 1. The summed E-state index contributed by atoms with van der Waals surface area (Å²) in [4.78, 5) is 73.2. The predicted octanol–water partition coefficient (Wildman–Crippen LogP) is 5.23. The average Bonchev–Trinajstić information content (AvgIpc) is 3.59. The van der Waals surface area contributed by atoms with Crippen molar-refractivity contribution in [3.8, 4) is 0 Å². The highest BCUT2D eigenvalue weighted by Gasteiger charge is 2.37. The SMILES string of the molecule is CC[C@H](C)C(NC(=O)C1CCCCN1C)C(=O)N(C)[C@H](C[C@@H](OC(C)=O)c1nc(C(=O)N[C@@H](Cc2ccc(F)cc2)C[C@H](C)C(=O)O)cs1)C(C)C. The number of likely N-dealkylation sites (N-methyl/N-ethyl adjacent to an activating group) is 2. The van der Waals surface area contributed by atoms with Gasteiger partial charge in [-0.05, 0) is 68.8 Å². The molecule has 14 heteroatoms. The number of ether oxygens (including phenoxy) is 1. The number of halogens is 1. The smallest absolute Gasteiger partial charge is 0.306 e. The van der Waals surface area contributed by atoms with Crippen LogP contribution in [0.1, 0.15) is 107 Å². The number of hydrogen-bond acceptors (Lipinski definition) is 9. The lowest BCUT2D eigenvalue weighted by Gasteiger charge is -2.38. The topological polar surface area (TPSA) is 158 Å². The van der Waals surface area contributed by atoms with Gasteiger partial charge in [0.2, 0.25) is 11.8 Å². The predicted molar refractivity (Wildman–Crippen MR) is 197 cm³/mol. The second-order valence-electron chi connectivity index (χ2n) is 14.5. The molecule has 12 nitrogen and oxygen atoms in total. The molecule has 1 saturated heterocycles. The fourth-order valence-corrected chi connectivity index (χ4v) is 7.48. The second kappa shape index (κ2) is 19.8. The van der Waals surface area contributed by atoms with E-state index >= 15 is 0 Å². The number of likely N-dealkylation sites (tertiary alicyclic amines) is 1. The number of benzene rings is 1. The van der Waals surface area contributed by atoms with Crippen LogP contribution in [-0.2, 0) is 30.3 Å². The van der Waals surface area contributed by atoms with Crippen LogP contribution in [0.2, 0.25) is 0 Å². The zero-order chi connectivity index (χ0) is 38.7. The van der Waals surface area contributed by atoms with Gasteiger partial charge in [0.15, 0.2) is 6.10 Å². The number of rotatable bonds is 18. The van der Waals surface area contributed by atoms with E-state index in [1.807, 2.05) is 39.6 Å². The van der Waals surface area contributed by atoms with Crippen molar-refractivity contribution in [1.82, 2.24) is 25.4 Å². The van der Waals surface area contributed by atoms with Crippen molar-refractivity contribution in [3.63, 3.8) is 0 Å². The molecule has 0 aliphatic carbocycles. The summed E-state index contributed by atoms with van der Waals surface area (Å²) in [6.07, 6.45) is 3.15. The number of aliphatic carboxylic acids is 1. The minimum atomic E-state index is -1.00. The van der Waals surface area contributed by atoms with Gasteiger partial charge in [-0.25, -0.2) is 9.37 Å². The molecule has 2 aromatic rings. The number of carbonyl (C=O) groups excluding carboxylic acids is 4. The summed E-state index contributed by atoms with van der Waals surface area (Å²) in [6.45, 7) is 11.5. The molecule has 2 unspecified atom stereocenters. The van der Waals surface area contributed by atoms with Crippen molar-refractivity contribution >= 4 is 41.0 Å². The number of carbonyl (C=O) groups is 5. The molecule has 7 atom stereocenters. The Labute approximate surface area is 310 Å². The zero-order valence-electron chi connectivity index (χ0n) is 31.7. The summed E-state index contributed by atoms with van der Waals surface area (Å²) in [5, 5.41) is 17.4. The number of carboxylic acids is 1. The highest BCUT2D eigenvalue weighted by atomic mass is 32.1. The van der Waals surface area contributed by atoms with E-state index in [0.29, 0.717) is 11.4 Å². The first kappa shape index (κ1) is 42.5. The maximum absolute atomic E-state index is 14.2. The number of carboxylic acid groups (broad SMARTS) is 1. The van der Waals surface area contributed by atoms with Crippen molar-refractivity contribution in [1.29, 1.82) is 0 Å². The summed E-state index contributed by atoms with van der Waals surface area (Å²) < 4.78 is 19.2. The van der Waals surface area contributed by atoms with E-state index in [1.165, 1.54) is 19.1 Å². The number of aromatic nitrogens is 1. The largest absolute Gasteiger partial charge is 0.481 e. The van der Waals surface area contributed by atoms with Crippen LogP contribution in [-0.4, -0.2) is 94.4 Å². The molecule has 3 rings (SSSR count). The van der Waals surface area contributed by atoms with Crippen molar-refractivity contribution in [2.24, 2.45) is 17.8 Å². The van der Waals surface area contributed by atoms with E-state index in [2.05, 4.69) is 15.6 Å². The molecule has 3 amide bonds. The van der Waals surface area contributed by atoms with Crippen molar-refractivity contribution in [2.75, 3.05) is 20.6 Å². The van der Waals surface area contributed by atoms with Crippen LogP contribution in [0.3, 0.4) is 0 Å². The molecule has 0 saturated carbocycles. The van der Waals surface area contributed by atoms with Gasteiger partial charge in [0.25, 0.3) is 5.91 Å². The summed E-state index contributed by atoms with van der Waals surface area (Å²) in [5.41, 5.74) is 0.801. The van der Waals surface area contributed by atoms with Gasteiger partial charge in [0.1, 0.15) is 22.6 Å². The molecule has 3 N–H and O–H groups in total. The monoisotopic (exact) mass is 745 g/mol. The van der Waals surface area contributed by atoms with Crippen LogP contribution in [0.25, 0.3) is 0 Å². The standard InChI is InChI=1S/C38H56FN5O7S/c1-9-23(4)33(42-35(47)30-12-10-11-17-43(30)7)37(48)44(8)31(22(2)3)20-32(51-25(6)45)36-41-29(21-52-36)34(46)40-28(18-24(5)38(49)50)19-26-13-15-27(39)16-14-26/h13-16,21-24,28,30-33H,9-12,17-20H2,1-8H3,(H,40,46)(H,42,47)(H,49,50)/t23-,24-,28+,30?,31+,32+,33?/m0/s1. The molecular weight excluding hydrogens is 690 g/mol. The number of esters is 1. The molecular formula is C38H56FN5O7S. The first-order valence-electron chi connectivity index (χ1n) is 18.2. The molecule has 0 bridgehead atoms.